The second-order valence-electron chi connectivity index (χ2n) is 6.65. The predicted molar refractivity (Wildman–Crippen MR) is 113 cm³/mol. The van der Waals surface area contributed by atoms with Crippen LogP contribution in [0.15, 0.2) is 97.5 Å². The third-order valence-corrected chi connectivity index (χ3v) is 4.86. The van der Waals surface area contributed by atoms with Crippen LogP contribution in [0.5, 0.6) is 0 Å². The second kappa shape index (κ2) is 6.67. The van der Waals surface area contributed by atoms with Crippen LogP contribution in [0.25, 0.3) is 27.4 Å². The number of nitrogens with zero attached hydrogens (tertiary/aromatic N) is 2. The van der Waals surface area contributed by atoms with Gasteiger partial charge in [0.2, 0.25) is 0 Å². The maximum Gasteiger partial charge on any atom is 0.257 e. The Labute approximate surface area is 162 Å². The van der Waals surface area contributed by atoms with E-state index in [9.17, 15) is 4.79 Å². The zero-order valence-corrected chi connectivity index (χ0v) is 15.0. The van der Waals surface area contributed by atoms with Crippen molar-refractivity contribution in [1.29, 1.82) is 0 Å². The molecule has 3 aromatic carbocycles. The number of para-hydroxylation sites is 2. The standard InChI is InChI=1S/C24H17N3O/c28-24(26-21-12-5-9-17-10-6-14-25-23(17)21)20-11-3-4-13-22(20)27-15-18-7-1-2-8-19(18)16-27/h1-16H,(H,26,28). The van der Waals surface area contributed by atoms with Crippen LogP contribution in [-0.2, 0) is 0 Å². The number of aromatic nitrogens is 2. The SMILES string of the molecule is O=C(Nc1cccc2cccnc12)c1ccccc1-n1cc2ccccc2c1. The van der Waals surface area contributed by atoms with Crippen LogP contribution in [0, 0.1) is 0 Å². The Morgan fingerprint density at radius 2 is 1.43 bits per heavy atom. The van der Waals surface area contributed by atoms with Crippen LogP contribution in [0.3, 0.4) is 0 Å². The number of benzene rings is 3. The fourth-order valence-corrected chi connectivity index (χ4v) is 3.51. The van der Waals surface area contributed by atoms with E-state index in [1.165, 1.54) is 0 Å². The summed E-state index contributed by atoms with van der Waals surface area (Å²) in [5, 5.41) is 6.29. The van der Waals surface area contributed by atoms with Crippen LogP contribution in [0.4, 0.5) is 5.69 Å². The molecule has 0 bridgehead atoms. The summed E-state index contributed by atoms with van der Waals surface area (Å²) < 4.78 is 2.00. The normalized spacial score (nSPS) is 11.0. The smallest absolute Gasteiger partial charge is 0.257 e. The molecule has 2 heterocycles. The zero-order valence-electron chi connectivity index (χ0n) is 15.0. The number of rotatable bonds is 3. The van der Waals surface area contributed by atoms with Gasteiger partial charge in [-0.3, -0.25) is 9.78 Å². The van der Waals surface area contributed by atoms with E-state index in [4.69, 9.17) is 0 Å². The number of hydrogen-bond donors (Lipinski definition) is 1. The molecule has 1 amide bonds. The van der Waals surface area contributed by atoms with Crippen molar-refractivity contribution in [3.63, 3.8) is 0 Å². The molecule has 0 unspecified atom stereocenters. The van der Waals surface area contributed by atoms with Gasteiger partial charge in [0, 0.05) is 24.0 Å². The average molecular weight is 363 g/mol. The minimum absolute atomic E-state index is 0.161. The molecule has 2 aromatic heterocycles. The van der Waals surface area contributed by atoms with Gasteiger partial charge in [-0.15, -0.1) is 0 Å². The van der Waals surface area contributed by atoms with E-state index >= 15 is 0 Å². The lowest BCUT2D eigenvalue weighted by atomic mass is 10.1. The van der Waals surface area contributed by atoms with Crippen LogP contribution in [0.2, 0.25) is 0 Å². The number of nitrogens with one attached hydrogen (secondary N) is 1. The maximum atomic E-state index is 13.1. The lowest BCUT2D eigenvalue weighted by Gasteiger charge is -2.12. The molecular formula is C24H17N3O. The number of fused-ring (bicyclic) bond motifs is 2. The Kier molecular flexibility index (Phi) is 3.87. The van der Waals surface area contributed by atoms with E-state index in [0.29, 0.717) is 11.3 Å². The van der Waals surface area contributed by atoms with Crippen molar-refractivity contribution in [3.05, 3.63) is 103 Å². The first-order chi connectivity index (χ1) is 13.8. The van der Waals surface area contributed by atoms with Crippen LogP contribution in [0.1, 0.15) is 10.4 Å². The van der Waals surface area contributed by atoms with E-state index < -0.39 is 0 Å². The van der Waals surface area contributed by atoms with E-state index in [2.05, 4.69) is 22.4 Å². The maximum absolute atomic E-state index is 13.1. The highest BCUT2D eigenvalue weighted by atomic mass is 16.1. The van der Waals surface area contributed by atoms with Crippen LogP contribution < -0.4 is 5.32 Å². The van der Waals surface area contributed by atoms with Gasteiger partial charge in [-0.2, -0.15) is 0 Å². The Morgan fingerprint density at radius 1 is 0.750 bits per heavy atom. The van der Waals surface area contributed by atoms with E-state index in [1.54, 1.807) is 6.20 Å². The van der Waals surface area contributed by atoms with Gasteiger partial charge in [0.25, 0.3) is 5.91 Å². The highest BCUT2D eigenvalue weighted by molar-refractivity contribution is 6.10. The summed E-state index contributed by atoms with van der Waals surface area (Å²) in [6.07, 6.45) is 5.82. The van der Waals surface area contributed by atoms with Gasteiger partial charge in [0.05, 0.1) is 22.5 Å². The minimum Gasteiger partial charge on any atom is -0.322 e. The molecule has 0 saturated carbocycles. The van der Waals surface area contributed by atoms with Crippen molar-refractivity contribution in [3.8, 4) is 5.69 Å². The van der Waals surface area contributed by atoms with Gasteiger partial charge in [0.15, 0.2) is 0 Å². The van der Waals surface area contributed by atoms with Crippen molar-refractivity contribution in [2.24, 2.45) is 0 Å². The van der Waals surface area contributed by atoms with E-state index in [0.717, 1.165) is 27.4 Å². The summed E-state index contributed by atoms with van der Waals surface area (Å²) in [5.74, 6) is -0.161. The Balaban J connectivity index is 1.55. The molecule has 4 heteroatoms. The topological polar surface area (TPSA) is 46.9 Å². The number of carbonyl (C=O) groups is 1. The fraction of sp³-hybridized carbons (Fsp3) is 0. The Morgan fingerprint density at radius 3 is 2.25 bits per heavy atom. The first-order valence-corrected chi connectivity index (χ1v) is 9.11. The molecule has 0 aliphatic carbocycles. The van der Waals surface area contributed by atoms with Crippen molar-refractivity contribution in [1.82, 2.24) is 9.55 Å². The molecule has 134 valence electrons. The van der Waals surface area contributed by atoms with Gasteiger partial charge in [-0.05, 0) is 35.0 Å². The number of anilines is 1. The second-order valence-corrected chi connectivity index (χ2v) is 6.65. The molecule has 0 atom stereocenters. The number of hydrogen-bond acceptors (Lipinski definition) is 2. The molecule has 28 heavy (non-hydrogen) atoms. The number of amides is 1. The Bertz CT molecular complexity index is 1280. The molecule has 0 spiro atoms. The average Bonchev–Trinajstić information content (AvgIpc) is 3.18. The Hall–Kier alpha value is -3.92. The van der Waals surface area contributed by atoms with Crippen LogP contribution in [-0.4, -0.2) is 15.5 Å². The summed E-state index contributed by atoms with van der Waals surface area (Å²) >= 11 is 0. The molecule has 0 radical (unpaired) electrons. The summed E-state index contributed by atoms with van der Waals surface area (Å²) in [5.41, 5.74) is 2.93. The molecular weight excluding hydrogens is 346 g/mol. The molecule has 5 rings (SSSR count). The summed E-state index contributed by atoms with van der Waals surface area (Å²) in [6.45, 7) is 0. The largest absolute Gasteiger partial charge is 0.322 e. The highest BCUT2D eigenvalue weighted by Crippen LogP contribution is 2.24. The molecule has 1 N–H and O–H groups in total. The van der Waals surface area contributed by atoms with E-state index in [1.807, 2.05) is 83.7 Å². The van der Waals surface area contributed by atoms with Gasteiger partial charge >= 0.3 is 0 Å². The first kappa shape index (κ1) is 16.3. The van der Waals surface area contributed by atoms with Crippen LogP contribution >= 0.6 is 0 Å². The predicted octanol–water partition coefficient (Wildman–Crippen LogP) is 5.43. The number of pyridine rings is 1. The van der Waals surface area contributed by atoms with Gasteiger partial charge in [-0.25, -0.2) is 0 Å². The highest BCUT2D eigenvalue weighted by Gasteiger charge is 2.14. The van der Waals surface area contributed by atoms with Crippen molar-refractivity contribution >= 4 is 33.3 Å². The quantitative estimate of drug-likeness (QED) is 0.464. The van der Waals surface area contributed by atoms with Crippen molar-refractivity contribution < 1.29 is 4.79 Å². The third kappa shape index (κ3) is 2.81. The van der Waals surface area contributed by atoms with Crippen molar-refractivity contribution in [2.45, 2.75) is 0 Å². The molecule has 0 aliphatic rings. The zero-order chi connectivity index (χ0) is 18.9. The van der Waals surface area contributed by atoms with Gasteiger partial charge in [0.1, 0.15) is 0 Å². The lowest BCUT2D eigenvalue weighted by molar-refractivity contribution is 0.102. The monoisotopic (exact) mass is 363 g/mol. The minimum atomic E-state index is -0.161. The molecule has 0 saturated heterocycles. The molecule has 4 nitrogen and oxygen atoms in total. The number of carbonyl (C=O) groups excluding carboxylic acids is 1. The summed E-state index contributed by atoms with van der Waals surface area (Å²) in [7, 11) is 0. The van der Waals surface area contributed by atoms with Gasteiger partial charge in [-0.1, -0.05) is 54.6 Å². The fourth-order valence-electron chi connectivity index (χ4n) is 3.51. The van der Waals surface area contributed by atoms with Crippen molar-refractivity contribution in [2.75, 3.05) is 5.32 Å². The van der Waals surface area contributed by atoms with E-state index in [-0.39, 0.29) is 5.91 Å². The molecule has 5 aromatic rings. The summed E-state index contributed by atoms with van der Waals surface area (Å²) in [6, 6.07) is 25.4. The molecule has 0 aliphatic heterocycles. The first-order valence-electron chi connectivity index (χ1n) is 9.11. The lowest BCUT2D eigenvalue weighted by Crippen LogP contribution is -2.15. The summed E-state index contributed by atoms with van der Waals surface area (Å²) in [4.78, 5) is 17.5. The third-order valence-electron chi connectivity index (χ3n) is 4.86. The van der Waals surface area contributed by atoms with Gasteiger partial charge < -0.3 is 9.88 Å². The molecule has 0 fully saturated rings.